The highest BCUT2D eigenvalue weighted by molar-refractivity contribution is 7.89. The fraction of sp³-hybridized carbons (Fsp3) is 0.235. The minimum atomic E-state index is -3.59. The standard InChI is InChI=1S/C17H15N5O2S2/c1-11-18-13-5-2-3-7-15(13)22(11)12-9-21(10-12)26(23,24)16-8-4-6-14-17(16)20-25-19-14/h2-8,12H,9-10H2,1H3. The molecule has 7 nitrogen and oxygen atoms in total. The first-order chi connectivity index (χ1) is 12.6. The number of aromatic nitrogens is 4. The molecule has 132 valence electrons. The fourth-order valence-corrected chi connectivity index (χ4v) is 5.80. The van der Waals surface area contributed by atoms with Gasteiger partial charge in [0.05, 0.1) is 28.8 Å². The van der Waals surface area contributed by atoms with E-state index in [9.17, 15) is 8.42 Å². The minimum Gasteiger partial charge on any atom is -0.322 e. The van der Waals surface area contributed by atoms with Crippen LogP contribution in [0.2, 0.25) is 0 Å². The second kappa shape index (κ2) is 5.57. The van der Waals surface area contributed by atoms with Crippen LogP contribution >= 0.6 is 11.7 Å². The van der Waals surface area contributed by atoms with Crippen LogP contribution in [0.25, 0.3) is 22.1 Å². The van der Waals surface area contributed by atoms with E-state index in [0.29, 0.717) is 24.1 Å². The van der Waals surface area contributed by atoms with E-state index in [1.807, 2.05) is 31.2 Å². The van der Waals surface area contributed by atoms with Gasteiger partial charge in [0.2, 0.25) is 10.0 Å². The van der Waals surface area contributed by atoms with Crippen LogP contribution in [0.1, 0.15) is 11.9 Å². The first kappa shape index (κ1) is 15.9. The van der Waals surface area contributed by atoms with Gasteiger partial charge in [-0.15, -0.1) is 0 Å². The lowest BCUT2D eigenvalue weighted by molar-refractivity contribution is 0.206. The van der Waals surface area contributed by atoms with Crippen molar-refractivity contribution in [3.05, 3.63) is 48.3 Å². The lowest BCUT2D eigenvalue weighted by Gasteiger charge is -2.39. The quantitative estimate of drug-likeness (QED) is 0.541. The number of para-hydroxylation sites is 2. The largest absolute Gasteiger partial charge is 0.322 e. The Morgan fingerprint density at radius 2 is 1.81 bits per heavy atom. The highest BCUT2D eigenvalue weighted by Crippen LogP contribution is 2.33. The second-order valence-corrected chi connectivity index (χ2v) is 8.82. The van der Waals surface area contributed by atoms with Crippen molar-refractivity contribution in [2.45, 2.75) is 17.9 Å². The summed E-state index contributed by atoms with van der Waals surface area (Å²) < 4.78 is 38.0. The van der Waals surface area contributed by atoms with Gasteiger partial charge in [0.1, 0.15) is 21.8 Å². The summed E-state index contributed by atoms with van der Waals surface area (Å²) in [5.74, 6) is 0.902. The topological polar surface area (TPSA) is 81.0 Å². The van der Waals surface area contributed by atoms with Gasteiger partial charge in [-0.3, -0.25) is 0 Å². The van der Waals surface area contributed by atoms with E-state index < -0.39 is 10.0 Å². The Morgan fingerprint density at radius 1 is 1.04 bits per heavy atom. The summed E-state index contributed by atoms with van der Waals surface area (Å²) in [5, 5.41) is 0. The third-order valence-electron chi connectivity index (χ3n) is 4.83. The summed E-state index contributed by atoms with van der Waals surface area (Å²) in [6, 6.07) is 13.1. The van der Waals surface area contributed by atoms with Crippen LogP contribution in [-0.2, 0) is 10.0 Å². The molecule has 26 heavy (non-hydrogen) atoms. The highest BCUT2D eigenvalue weighted by Gasteiger charge is 2.39. The Labute approximate surface area is 154 Å². The number of aryl methyl sites for hydroxylation is 1. The number of sulfonamides is 1. The van der Waals surface area contributed by atoms with E-state index in [1.54, 1.807) is 18.2 Å². The summed E-state index contributed by atoms with van der Waals surface area (Å²) in [6.07, 6.45) is 0. The van der Waals surface area contributed by atoms with Crippen LogP contribution in [0.5, 0.6) is 0 Å². The van der Waals surface area contributed by atoms with Crippen molar-refractivity contribution in [1.29, 1.82) is 0 Å². The number of rotatable bonds is 3. The molecule has 1 fully saturated rings. The number of hydrogen-bond donors (Lipinski definition) is 0. The number of hydrogen-bond acceptors (Lipinski definition) is 6. The smallest absolute Gasteiger partial charge is 0.245 e. The van der Waals surface area contributed by atoms with Gasteiger partial charge in [-0.25, -0.2) is 13.4 Å². The lowest BCUT2D eigenvalue weighted by Crippen LogP contribution is -2.50. The van der Waals surface area contributed by atoms with Crippen LogP contribution in [0.4, 0.5) is 0 Å². The van der Waals surface area contributed by atoms with Crippen LogP contribution < -0.4 is 0 Å². The summed E-state index contributed by atoms with van der Waals surface area (Å²) in [7, 11) is -3.59. The molecule has 2 aromatic heterocycles. The summed E-state index contributed by atoms with van der Waals surface area (Å²) >= 11 is 1.03. The Morgan fingerprint density at radius 3 is 2.65 bits per heavy atom. The molecule has 0 N–H and O–H groups in total. The van der Waals surface area contributed by atoms with Gasteiger partial charge in [-0.2, -0.15) is 13.1 Å². The molecule has 0 amide bonds. The maximum atomic E-state index is 13.0. The molecule has 0 saturated carbocycles. The molecule has 5 rings (SSSR count). The van der Waals surface area contributed by atoms with Crippen LogP contribution in [0.3, 0.4) is 0 Å². The molecule has 0 spiro atoms. The number of benzene rings is 2. The molecule has 0 bridgehead atoms. The molecule has 3 heterocycles. The van der Waals surface area contributed by atoms with Gasteiger partial charge in [0, 0.05) is 13.1 Å². The zero-order valence-corrected chi connectivity index (χ0v) is 15.5. The molecule has 9 heteroatoms. The third-order valence-corrected chi connectivity index (χ3v) is 7.24. The van der Waals surface area contributed by atoms with E-state index in [-0.39, 0.29) is 10.9 Å². The normalized spacial score (nSPS) is 16.3. The van der Waals surface area contributed by atoms with E-state index in [2.05, 4.69) is 18.3 Å². The molecule has 1 aliphatic rings. The van der Waals surface area contributed by atoms with Crippen molar-refractivity contribution in [2.75, 3.05) is 13.1 Å². The summed E-state index contributed by atoms with van der Waals surface area (Å²) in [6.45, 7) is 2.81. The lowest BCUT2D eigenvalue weighted by atomic mass is 10.1. The van der Waals surface area contributed by atoms with Gasteiger partial charge < -0.3 is 4.57 Å². The summed E-state index contributed by atoms with van der Waals surface area (Å²) in [4.78, 5) is 4.80. The van der Waals surface area contributed by atoms with Gasteiger partial charge in [-0.05, 0) is 31.2 Å². The van der Waals surface area contributed by atoms with Gasteiger partial charge in [0.15, 0.2) is 0 Å². The molecule has 1 saturated heterocycles. The van der Waals surface area contributed by atoms with Crippen LogP contribution in [0, 0.1) is 6.92 Å². The van der Waals surface area contributed by atoms with Crippen molar-refractivity contribution < 1.29 is 8.42 Å². The van der Waals surface area contributed by atoms with Crippen LogP contribution in [-0.4, -0.2) is 44.1 Å². The van der Waals surface area contributed by atoms with Crippen molar-refractivity contribution in [1.82, 2.24) is 22.6 Å². The zero-order chi connectivity index (χ0) is 17.9. The maximum absolute atomic E-state index is 13.0. The zero-order valence-electron chi connectivity index (χ0n) is 13.9. The third kappa shape index (κ3) is 2.21. The van der Waals surface area contributed by atoms with Gasteiger partial charge in [-0.1, -0.05) is 18.2 Å². The van der Waals surface area contributed by atoms with Crippen molar-refractivity contribution in [3.8, 4) is 0 Å². The number of imidazole rings is 1. The highest BCUT2D eigenvalue weighted by atomic mass is 32.2. The molecule has 2 aromatic carbocycles. The molecule has 0 atom stereocenters. The molecule has 0 unspecified atom stereocenters. The van der Waals surface area contributed by atoms with Crippen molar-refractivity contribution in [3.63, 3.8) is 0 Å². The van der Waals surface area contributed by atoms with Crippen molar-refractivity contribution >= 4 is 43.8 Å². The summed E-state index contributed by atoms with van der Waals surface area (Å²) in [5.41, 5.74) is 3.04. The Bertz CT molecular complexity index is 1240. The number of nitrogens with zero attached hydrogens (tertiary/aromatic N) is 5. The van der Waals surface area contributed by atoms with Gasteiger partial charge in [0.25, 0.3) is 0 Å². The molecular formula is C17H15N5O2S2. The average molecular weight is 385 g/mol. The van der Waals surface area contributed by atoms with Gasteiger partial charge >= 0.3 is 0 Å². The molecule has 4 aromatic rings. The number of fused-ring (bicyclic) bond motifs is 2. The first-order valence-corrected chi connectivity index (χ1v) is 10.4. The average Bonchev–Trinajstić information content (AvgIpc) is 3.17. The Hall–Kier alpha value is -2.36. The SMILES string of the molecule is Cc1nc2ccccc2n1C1CN(S(=O)(=O)c2cccc3nsnc23)C1. The Balaban J connectivity index is 1.47. The van der Waals surface area contributed by atoms with E-state index >= 15 is 0 Å². The maximum Gasteiger partial charge on any atom is 0.245 e. The van der Waals surface area contributed by atoms with E-state index in [1.165, 1.54) is 4.31 Å². The van der Waals surface area contributed by atoms with E-state index in [4.69, 9.17) is 0 Å². The molecule has 0 radical (unpaired) electrons. The van der Waals surface area contributed by atoms with Crippen molar-refractivity contribution in [2.24, 2.45) is 0 Å². The molecule has 1 aliphatic heterocycles. The molecule has 0 aliphatic carbocycles. The first-order valence-electron chi connectivity index (χ1n) is 8.21. The Kier molecular flexibility index (Phi) is 3.40. The van der Waals surface area contributed by atoms with E-state index in [0.717, 1.165) is 28.6 Å². The van der Waals surface area contributed by atoms with Crippen LogP contribution in [0.15, 0.2) is 47.4 Å². The predicted molar refractivity (Wildman–Crippen MR) is 99.7 cm³/mol. The predicted octanol–water partition coefficient (Wildman–Crippen LogP) is 2.60. The molecular weight excluding hydrogens is 370 g/mol. The second-order valence-electron chi connectivity index (χ2n) is 6.38. The monoisotopic (exact) mass is 385 g/mol. The minimum absolute atomic E-state index is 0.0879. The fourth-order valence-electron chi connectivity index (χ4n) is 3.53.